The molecule has 0 radical (unpaired) electrons. The minimum absolute atomic E-state index is 0.107. The van der Waals surface area contributed by atoms with E-state index in [0.29, 0.717) is 26.3 Å². The van der Waals surface area contributed by atoms with Crippen LogP contribution in [-0.2, 0) is 36.4 Å². The number of fused-ring (bicyclic) bond motifs is 2. The van der Waals surface area contributed by atoms with Crippen LogP contribution < -0.4 is 20.2 Å². The summed E-state index contributed by atoms with van der Waals surface area (Å²) in [5.74, 6) is -2.69. The number of nitrogens with one attached hydrogen (secondary N) is 1. The lowest BCUT2D eigenvalue weighted by molar-refractivity contribution is -0.122. The van der Waals surface area contributed by atoms with Crippen LogP contribution in [0.4, 0.5) is 11.4 Å². The Labute approximate surface area is 278 Å². The Bertz CT molecular complexity index is 2030. The zero-order valence-corrected chi connectivity index (χ0v) is 28.1. The molecule has 3 heterocycles. The molecule has 1 aromatic heterocycles. The highest BCUT2D eigenvalue weighted by Gasteiger charge is 2.56. The summed E-state index contributed by atoms with van der Waals surface area (Å²) in [6.45, 7) is 5.94. The number of thioether (sulfide) groups is 1. The van der Waals surface area contributed by atoms with Crippen LogP contribution >= 0.6 is 34.7 Å². The third-order valence-electron chi connectivity index (χ3n) is 8.04. The fourth-order valence-electron chi connectivity index (χ4n) is 5.72. The van der Waals surface area contributed by atoms with E-state index in [0.717, 1.165) is 34.2 Å². The first-order valence-corrected chi connectivity index (χ1v) is 17.8. The second kappa shape index (κ2) is 11.8. The van der Waals surface area contributed by atoms with Gasteiger partial charge in [0.25, 0.3) is 0 Å². The molecule has 3 aromatic carbocycles. The molecule has 4 aromatic rings. The third kappa shape index (κ3) is 5.93. The summed E-state index contributed by atoms with van der Waals surface area (Å²) in [5, 5.41) is 7.92. The second-order valence-corrected chi connectivity index (χ2v) is 16.3. The number of amides is 3. The molecule has 3 atom stereocenters. The van der Waals surface area contributed by atoms with Crippen molar-refractivity contribution in [3.63, 3.8) is 0 Å². The summed E-state index contributed by atoms with van der Waals surface area (Å²) in [7, 11) is -3.90. The highest BCUT2D eigenvalue weighted by molar-refractivity contribution is 8.00. The summed E-state index contributed by atoms with van der Waals surface area (Å²) >= 11 is 8.15. The first-order valence-electron chi connectivity index (χ1n) is 14.2. The number of carbonyl (C=O) groups excluding carboxylic acids is 3. The van der Waals surface area contributed by atoms with Gasteiger partial charge in [0.15, 0.2) is 0 Å². The van der Waals surface area contributed by atoms with Crippen LogP contribution in [0, 0.1) is 5.92 Å². The smallest absolute Gasteiger partial charge is 0.308 e. The van der Waals surface area contributed by atoms with Crippen LogP contribution in [0.5, 0.6) is 0 Å². The standard InChI is InChI=1S/C32H29ClN4O6S3/c1-32(2,3)18-6-4-17(5-7-18)24-25-26(29(40)37(28(25)39)21-12-8-19(33)9-13-21)44-30-27(24)45-31(41)36(30)16-23(38)35-20-10-14-22(15-11-20)46(34,42)43/h4-15,24-26H,16H2,1-3H3,(H,35,38)(H2,34,42,43)/t24-,25-,26+/m0/s1. The highest BCUT2D eigenvalue weighted by Crippen LogP contribution is 2.54. The molecular formula is C32H29ClN4O6S3. The van der Waals surface area contributed by atoms with Gasteiger partial charge in [-0.15, -0.1) is 0 Å². The van der Waals surface area contributed by atoms with E-state index in [4.69, 9.17) is 16.7 Å². The molecule has 1 saturated heterocycles. The molecule has 6 rings (SSSR count). The number of aromatic nitrogens is 1. The Balaban J connectivity index is 1.38. The van der Waals surface area contributed by atoms with E-state index in [9.17, 15) is 27.6 Å². The summed E-state index contributed by atoms with van der Waals surface area (Å²) in [6, 6.07) is 19.7. The number of anilines is 2. The van der Waals surface area contributed by atoms with E-state index in [1.165, 1.54) is 33.7 Å². The van der Waals surface area contributed by atoms with E-state index in [1.807, 2.05) is 24.3 Å². The van der Waals surface area contributed by atoms with Crippen molar-refractivity contribution < 1.29 is 22.8 Å². The number of hydrogen-bond donors (Lipinski definition) is 2. The van der Waals surface area contributed by atoms with Crippen LogP contribution in [0.1, 0.15) is 42.7 Å². The van der Waals surface area contributed by atoms with Gasteiger partial charge in [0.2, 0.25) is 27.7 Å². The van der Waals surface area contributed by atoms with Crippen molar-refractivity contribution in [2.75, 3.05) is 10.2 Å². The number of sulfonamides is 1. The van der Waals surface area contributed by atoms with Gasteiger partial charge < -0.3 is 5.32 Å². The topological polar surface area (TPSA) is 149 Å². The fraction of sp³-hybridized carbons (Fsp3) is 0.250. The lowest BCUT2D eigenvalue weighted by Crippen LogP contribution is -2.33. The first-order chi connectivity index (χ1) is 21.6. The average molecular weight is 697 g/mol. The van der Waals surface area contributed by atoms with Gasteiger partial charge in [0.05, 0.1) is 21.5 Å². The third-order valence-corrected chi connectivity index (χ3v) is 11.8. The number of primary sulfonamides is 1. The number of hydrogen-bond acceptors (Lipinski definition) is 8. The number of benzene rings is 3. The monoisotopic (exact) mass is 696 g/mol. The van der Waals surface area contributed by atoms with Gasteiger partial charge >= 0.3 is 4.87 Å². The Hall–Kier alpha value is -3.75. The SMILES string of the molecule is CC(C)(C)c1ccc([C@@H]2c3sc(=O)n(CC(=O)Nc4ccc(S(N)(=O)=O)cc4)c3S[C@H]3C(=O)N(c4ccc(Cl)cc4)C(=O)[C@@H]23)cc1. The van der Waals surface area contributed by atoms with E-state index < -0.39 is 43.8 Å². The molecule has 0 saturated carbocycles. The summed E-state index contributed by atoms with van der Waals surface area (Å²) < 4.78 is 24.5. The molecular weight excluding hydrogens is 668 g/mol. The predicted molar refractivity (Wildman–Crippen MR) is 179 cm³/mol. The normalized spacial score (nSPS) is 19.6. The maximum absolute atomic E-state index is 14.1. The fourth-order valence-corrected chi connectivity index (χ4v) is 9.14. The molecule has 10 nitrogen and oxygen atoms in total. The molecule has 0 spiro atoms. The van der Waals surface area contributed by atoms with Gasteiger partial charge in [-0.25, -0.2) is 18.5 Å². The molecule has 1 fully saturated rings. The van der Waals surface area contributed by atoms with Crippen LogP contribution in [-0.4, -0.2) is 36.0 Å². The number of nitrogens with zero attached hydrogens (tertiary/aromatic N) is 2. The van der Waals surface area contributed by atoms with E-state index in [-0.39, 0.29) is 22.8 Å². The Morgan fingerprint density at radius 1 is 0.935 bits per heavy atom. The van der Waals surface area contributed by atoms with E-state index >= 15 is 0 Å². The van der Waals surface area contributed by atoms with Crippen molar-refractivity contribution in [1.82, 2.24) is 4.57 Å². The van der Waals surface area contributed by atoms with Crippen molar-refractivity contribution >= 4 is 73.8 Å². The van der Waals surface area contributed by atoms with Crippen LogP contribution in [0.15, 0.2) is 87.5 Å². The predicted octanol–water partition coefficient (Wildman–Crippen LogP) is 4.94. The molecule has 3 amide bonds. The minimum atomic E-state index is -3.90. The Morgan fingerprint density at radius 2 is 1.57 bits per heavy atom. The van der Waals surface area contributed by atoms with Gasteiger partial charge in [-0.3, -0.25) is 23.7 Å². The van der Waals surface area contributed by atoms with Gasteiger partial charge in [-0.2, -0.15) is 0 Å². The van der Waals surface area contributed by atoms with E-state index in [1.54, 1.807) is 24.3 Å². The molecule has 3 N–H and O–H groups in total. The molecule has 2 aliphatic heterocycles. The Morgan fingerprint density at radius 3 is 2.15 bits per heavy atom. The van der Waals surface area contributed by atoms with Crippen molar-refractivity contribution in [2.24, 2.45) is 11.1 Å². The van der Waals surface area contributed by atoms with Crippen molar-refractivity contribution in [3.8, 4) is 0 Å². The van der Waals surface area contributed by atoms with E-state index in [2.05, 4.69) is 26.1 Å². The van der Waals surface area contributed by atoms with Crippen molar-refractivity contribution in [2.45, 2.75) is 53.8 Å². The quantitative estimate of drug-likeness (QED) is 0.271. The summed E-state index contributed by atoms with van der Waals surface area (Å²) in [6.07, 6.45) is 0. The molecule has 14 heteroatoms. The molecule has 2 aliphatic rings. The van der Waals surface area contributed by atoms with Gasteiger partial charge in [0.1, 0.15) is 11.8 Å². The maximum atomic E-state index is 14.1. The first kappa shape index (κ1) is 32.2. The Kier molecular flexibility index (Phi) is 8.26. The van der Waals surface area contributed by atoms with Crippen molar-refractivity contribution in [3.05, 3.63) is 103 Å². The minimum Gasteiger partial charge on any atom is -0.325 e. The number of nitrogens with two attached hydrogens (primary N) is 1. The lowest BCUT2D eigenvalue weighted by atomic mass is 9.81. The summed E-state index contributed by atoms with van der Waals surface area (Å²) in [4.78, 5) is 55.9. The lowest BCUT2D eigenvalue weighted by Gasteiger charge is -2.31. The van der Waals surface area contributed by atoms with Crippen LogP contribution in [0.25, 0.3) is 0 Å². The zero-order valence-electron chi connectivity index (χ0n) is 24.9. The van der Waals surface area contributed by atoms with Gasteiger partial charge in [-0.05, 0) is 65.1 Å². The maximum Gasteiger partial charge on any atom is 0.308 e. The molecule has 238 valence electrons. The highest BCUT2D eigenvalue weighted by atomic mass is 35.5. The number of carbonyl (C=O) groups is 3. The van der Waals surface area contributed by atoms with Crippen molar-refractivity contribution in [1.29, 1.82) is 0 Å². The molecule has 46 heavy (non-hydrogen) atoms. The van der Waals surface area contributed by atoms with Gasteiger partial charge in [-0.1, -0.05) is 79.7 Å². The number of halogens is 1. The number of rotatable bonds is 6. The second-order valence-electron chi connectivity index (χ2n) is 12.1. The molecule has 0 bridgehead atoms. The number of imide groups is 1. The van der Waals surface area contributed by atoms with Gasteiger partial charge in [0, 0.05) is 21.5 Å². The van der Waals surface area contributed by atoms with Crippen LogP contribution in [0.2, 0.25) is 5.02 Å². The molecule has 0 unspecified atom stereocenters. The largest absolute Gasteiger partial charge is 0.325 e. The average Bonchev–Trinajstić information content (AvgIpc) is 3.43. The zero-order chi connectivity index (χ0) is 33.1. The number of thiazole rings is 1. The van der Waals surface area contributed by atoms with Crippen LogP contribution in [0.3, 0.4) is 0 Å². The summed E-state index contributed by atoms with van der Waals surface area (Å²) in [5.41, 5.74) is 2.49. The molecule has 0 aliphatic carbocycles.